The normalized spacial score (nSPS) is 24.7. The average Bonchev–Trinajstić information content (AvgIpc) is 3.38. The molecule has 128 valence electrons. The minimum absolute atomic E-state index is 0.0216. The molecule has 6 heteroatoms. The van der Waals surface area contributed by atoms with Crippen molar-refractivity contribution < 1.29 is 19.0 Å². The molecule has 2 aliphatic rings. The van der Waals surface area contributed by atoms with E-state index in [9.17, 15) is 4.79 Å². The van der Waals surface area contributed by atoms with Gasteiger partial charge in [-0.2, -0.15) is 5.26 Å². The molecule has 6 nitrogen and oxygen atoms in total. The lowest BCUT2D eigenvalue weighted by Crippen LogP contribution is -2.54. The maximum absolute atomic E-state index is 12.5. The van der Waals surface area contributed by atoms with E-state index in [1.165, 1.54) is 0 Å². The molecule has 1 aromatic rings. The van der Waals surface area contributed by atoms with E-state index >= 15 is 0 Å². The third-order valence-corrected chi connectivity index (χ3v) is 4.64. The lowest BCUT2D eigenvalue weighted by Gasteiger charge is -2.33. The molecular formula is C18H22N2O4. The molecule has 24 heavy (non-hydrogen) atoms. The summed E-state index contributed by atoms with van der Waals surface area (Å²) in [5, 5.41) is 11.9. The number of benzene rings is 1. The van der Waals surface area contributed by atoms with Gasteiger partial charge in [0.25, 0.3) is 0 Å². The van der Waals surface area contributed by atoms with Crippen LogP contribution in [0.15, 0.2) is 24.3 Å². The Labute approximate surface area is 141 Å². The van der Waals surface area contributed by atoms with E-state index in [0.29, 0.717) is 37.6 Å². The first-order chi connectivity index (χ1) is 11.7. The van der Waals surface area contributed by atoms with Crippen LogP contribution in [0.1, 0.15) is 24.8 Å². The largest absolute Gasteiger partial charge is 0.488 e. The van der Waals surface area contributed by atoms with E-state index in [-0.39, 0.29) is 23.5 Å². The molecule has 1 saturated heterocycles. The third-order valence-electron chi connectivity index (χ3n) is 4.64. The summed E-state index contributed by atoms with van der Waals surface area (Å²) < 4.78 is 16.7. The van der Waals surface area contributed by atoms with Crippen molar-refractivity contribution in [2.45, 2.75) is 31.4 Å². The second-order valence-electron chi connectivity index (χ2n) is 6.45. The molecule has 0 radical (unpaired) electrons. The molecule has 2 atom stereocenters. The molecule has 1 aliphatic heterocycles. The maximum atomic E-state index is 12.5. The summed E-state index contributed by atoms with van der Waals surface area (Å²) in [5.74, 6) is 0.714. The van der Waals surface area contributed by atoms with Gasteiger partial charge in [0, 0.05) is 13.5 Å². The molecule has 1 aromatic carbocycles. The number of rotatable bonds is 6. The smallest absolute Gasteiger partial charge is 0.228 e. The maximum Gasteiger partial charge on any atom is 0.228 e. The van der Waals surface area contributed by atoms with Crippen molar-refractivity contribution in [3.63, 3.8) is 0 Å². The summed E-state index contributed by atoms with van der Waals surface area (Å²) in [4.78, 5) is 12.5. The zero-order chi connectivity index (χ0) is 17.0. The second kappa shape index (κ2) is 7.20. The van der Waals surface area contributed by atoms with Gasteiger partial charge < -0.3 is 19.5 Å². The van der Waals surface area contributed by atoms with Crippen molar-refractivity contribution in [1.29, 1.82) is 5.26 Å². The predicted octanol–water partition coefficient (Wildman–Crippen LogP) is 1.64. The van der Waals surface area contributed by atoms with Gasteiger partial charge in [-0.25, -0.2) is 0 Å². The second-order valence-corrected chi connectivity index (χ2v) is 6.45. The van der Waals surface area contributed by atoms with Crippen molar-refractivity contribution in [2.75, 3.05) is 26.9 Å². The molecular weight excluding hydrogens is 308 g/mol. The van der Waals surface area contributed by atoms with Crippen LogP contribution in [-0.4, -0.2) is 45.0 Å². The number of methoxy groups -OCH3 is 1. The molecule has 0 spiro atoms. The Kier molecular flexibility index (Phi) is 5.03. The number of ether oxygens (including phenoxy) is 3. The third kappa shape index (κ3) is 3.69. The molecule has 1 amide bonds. The van der Waals surface area contributed by atoms with E-state index in [2.05, 4.69) is 11.4 Å². The summed E-state index contributed by atoms with van der Waals surface area (Å²) in [6.07, 6.45) is 2.29. The summed E-state index contributed by atoms with van der Waals surface area (Å²) in [7, 11) is 1.62. The summed E-state index contributed by atoms with van der Waals surface area (Å²) in [6.45, 7) is 1.50. The van der Waals surface area contributed by atoms with Gasteiger partial charge in [0.1, 0.15) is 11.9 Å². The lowest BCUT2D eigenvalue weighted by atomic mass is 10.0. The van der Waals surface area contributed by atoms with Crippen LogP contribution in [0.2, 0.25) is 0 Å². The van der Waals surface area contributed by atoms with E-state index in [1.54, 1.807) is 31.4 Å². The topological polar surface area (TPSA) is 80.6 Å². The summed E-state index contributed by atoms with van der Waals surface area (Å²) in [6, 6.07) is 8.90. The lowest BCUT2D eigenvalue weighted by molar-refractivity contribution is -0.131. The predicted molar refractivity (Wildman–Crippen MR) is 86.5 cm³/mol. The number of carbonyl (C=O) groups is 1. The van der Waals surface area contributed by atoms with Crippen LogP contribution < -0.4 is 10.1 Å². The average molecular weight is 330 g/mol. The molecule has 1 saturated carbocycles. The summed E-state index contributed by atoms with van der Waals surface area (Å²) >= 11 is 0. The standard InChI is InChI=1S/C18H22N2O4/c1-22-12-18(7-8-18)17(21)20-15-11-23-9-6-16(15)24-14-4-2-13(10-19)3-5-14/h2-5,15-16H,6-9,11-12H2,1H3,(H,20,21)/t15-,16-/m1/s1. The van der Waals surface area contributed by atoms with Crippen LogP contribution in [0.4, 0.5) is 0 Å². The Morgan fingerprint density at radius 2 is 2.17 bits per heavy atom. The molecule has 0 aromatic heterocycles. The number of nitriles is 1. The van der Waals surface area contributed by atoms with Crippen molar-refractivity contribution >= 4 is 5.91 Å². The number of nitrogens with zero attached hydrogens (tertiary/aromatic N) is 1. The first-order valence-corrected chi connectivity index (χ1v) is 8.21. The van der Waals surface area contributed by atoms with Gasteiger partial charge in [-0.15, -0.1) is 0 Å². The van der Waals surface area contributed by atoms with Gasteiger partial charge in [-0.1, -0.05) is 0 Å². The highest BCUT2D eigenvalue weighted by atomic mass is 16.5. The van der Waals surface area contributed by atoms with Crippen LogP contribution in [0.5, 0.6) is 5.75 Å². The molecule has 3 rings (SSSR count). The van der Waals surface area contributed by atoms with Crippen molar-refractivity contribution in [3.8, 4) is 11.8 Å². The van der Waals surface area contributed by atoms with Gasteiger partial charge in [-0.05, 0) is 37.1 Å². The van der Waals surface area contributed by atoms with E-state index in [1.807, 2.05) is 0 Å². The van der Waals surface area contributed by atoms with Gasteiger partial charge in [0.05, 0.1) is 42.9 Å². The first kappa shape index (κ1) is 16.7. The number of amides is 1. The van der Waals surface area contributed by atoms with Crippen LogP contribution in [0.25, 0.3) is 0 Å². The van der Waals surface area contributed by atoms with Crippen molar-refractivity contribution in [3.05, 3.63) is 29.8 Å². The Hall–Kier alpha value is -2.10. The molecule has 1 aliphatic carbocycles. The minimum Gasteiger partial charge on any atom is -0.488 e. The number of nitrogens with one attached hydrogen (secondary N) is 1. The van der Waals surface area contributed by atoms with Crippen molar-refractivity contribution in [1.82, 2.24) is 5.32 Å². The zero-order valence-electron chi connectivity index (χ0n) is 13.8. The summed E-state index contributed by atoms with van der Waals surface area (Å²) in [5.41, 5.74) is 0.222. The first-order valence-electron chi connectivity index (χ1n) is 8.21. The van der Waals surface area contributed by atoms with Crippen LogP contribution in [-0.2, 0) is 14.3 Å². The van der Waals surface area contributed by atoms with Crippen LogP contribution in [0, 0.1) is 16.7 Å². The number of hydrogen-bond donors (Lipinski definition) is 1. The number of carbonyl (C=O) groups excluding carboxylic acids is 1. The van der Waals surface area contributed by atoms with Crippen LogP contribution >= 0.6 is 0 Å². The quantitative estimate of drug-likeness (QED) is 0.857. The van der Waals surface area contributed by atoms with Crippen molar-refractivity contribution in [2.24, 2.45) is 5.41 Å². The Morgan fingerprint density at radius 1 is 1.42 bits per heavy atom. The Bertz CT molecular complexity index is 619. The SMILES string of the molecule is COCC1(C(=O)N[C@@H]2COCC[C@H]2Oc2ccc(C#N)cc2)CC1. The van der Waals surface area contributed by atoms with Crippen LogP contribution in [0.3, 0.4) is 0 Å². The highest BCUT2D eigenvalue weighted by Crippen LogP contribution is 2.46. The molecule has 2 fully saturated rings. The fourth-order valence-corrected chi connectivity index (χ4v) is 2.96. The number of hydrogen-bond acceptors (Lipinski definition) is 5. The highest BCUT2D eigenvalue weighted by molar-refractivity contribution is 5.85. The minimum atomic E-state index is -0.370. The van der Waals surface area contributed by atoms with E-state index in [0.717, 1.165) is 12.8 Å². The van der Waals surface area contributed by atoms with E-state index in [4.69, 9.17) is 19.5 Å². The van der Waals surface area contributed by atoms with Gasteiger partial charge in [0.2, 0.25) is 5.91 Å². The van der Waals surface area contributed by atoms with Gasteiger partial charge in [0.15, 0.2) is 0 Å². The van der Waals surface area contributed by atoms with Gasteiger partial charge in [-0.3, -0.25) is 4.79 Å². The Balaban J connectivity index is 1.62. The molecule has 0 bridgehead atoms. The molecule has 1 heterocycles. The zero-order valence-corrected chi connectivity index (χ0v) is 13.8. The van der Waals surface area contributed by atoms with Gasteiger partial charge >= 0.3 is 0 Å². The fourth-order valence-electron chi connectivity index (χ4n) is 2.96. The van der Waals surface area contributed by atoms with E-state index < -0.39 is 0 Å². The Morgan fingerprint density at radius 3 is 2.79 bits per heavy atom. The molecule has 0 unspecified atom stereocenters. The highest BCUT2D eigenvalue weighted by Gasteiger charge is 2.50. The monoisotopic (exact) mass is 330 g/mol. The molecule has 1 N–H and O–H groups in total. The fraction of sp³-hybridized carbons (Fsp3) is 0.556.